The number of hydrogen-bond donors (Lipinski definition) is 1. The van der Waals surface area contributed by atoms with Gasteiger partial charge in [-0.2, -0.15) is 0 Å². The standard InChI is InChI=1S/C28H37FN4O3/c1-21-6-3-4-7-23(21)19-32(16-17-36-2)25-18-26(28(35)31-14-5-12-30-13-15-31)33(20-25)27(34)22-8-10-24(29)11-9-22/h3-4,6-11,25-26,30H,5,12-20H2,1-2H3. The first-order chi connectivity index (χ1) is 17.5. The second-order valence-electron chi connectivity index (χ2n) is 9.69. The molecular formula is C28H37FN4O3. The molecule has 0 spiro atoms. The molecule has 0 aliphatic carbocycles. The Labute approximate surface area is 213 Å². The maximum Gasteiger partial charge on any atom is 0.254 e. The van der Waals surface area contributed by atoms with E-state index in [1.165, 1.54) is 35.4 Å². The van der Waals surface area contributed by atoms with Gasteiger partial charge in [-0.25, -0.2) is 4.39 Å². The van der Waals surface area contributed by atoms with Gasteiger partial charge in [0.1, 0.15) is 11.9 Å². The number of amides is 2. The van der Waals surface area contributed by atoms with E-state index in [9.17, 15) is 14.0 Å². The Morgan fingerprint density at radius 2 is 1.89 bits per heavy atom. The van der Waals surface area contributed by atoms with Crippen molar-refractivity contribution in [2.75, 3.05) is 53.0 Å². The molecule has 2 aliphatic heterocycles. The minimum atomic E-state index is -0.549. The zero-order chi connectivity index (χ0) is 25.5. The van der Waals surface area contributed by atoms with Crippen molar-refractivity contribution in [2.45, 2.75) is 38.4 Å². The molecule has 2 aliphatic rings. The minimum Gasteiger partial charge on any atom is -0.383 e. The molecule has 2 amide bonds. The van der Waals surface area contributed by atoms with Crippen molar-refractivity contribution in [3.8, 4) is 0 Å². The van der Waals surface area contributed by atoms with Crippen LogP contribution < -0.4 is 5.32 Å². The number of nitrogens with one attached hydrogen (secondary N) is 1. The molecule has 2 fully saturated rings. The van der Waals surface area contributed by atoms with E-state index in [4.69, 9.17) is 4.74 Å². The van der Waals surface area contributed by atoms with Gasteiger partial charge in [0.25, 0.3) is 5.91 Å². The van der Waals surface area contributed by atoms with Crippen LogP contribution in [0.15, 0.2) is 48.5 Å². The third kappa shape index (κ3) is 6.30. The number of carbonyl (C=O) groups is 2. The highest BCUT2D eigenvalue weighted by Gasteiger charge is 2.43. The van der Waals surface area contributed by atoms with Crippen LogP contribution in [0.2, 0.25) is 0 Å². The third-order valence-electron chi connectivity index (χ3n) is 7.30. The van der Waals surface area contributed by atoms with Gasteiger partial charge in [0.15, 0.2) is 0 Å². The number of rotatable bonds is 8. The van der Waals surface area contributed by atoms with Crippen LogP contribution in [0.25, 0.3) is 0 Å². The highest BCUT2D eigenvalue weighted by Crippen LogP contribution is 2.28. The van der Waals surface area contributed by atoms with E-state index in [1.807, 2.05) is 17.0 Å². The normalized spacial score (nSPS) is 20.6. The summed E-state index contributed by atoms with van der Waals surface area (Å²) >= 11 is 0. The lowest BCUT2D eigenvalue weighted by Crippen LogP contribution is -2.48. The van der Waals surface area contributed by atoms with Gasteiger partial charge < -0.3 is 19.9 Å². The summed E-state index contributed by atoms with van der Waals surface area (Å²) in [4.78, 5) is 33.3. The Bertz CT molecular complexity index is 1020. The molecule has 36 heavy (non-hydrogen) atoms. The zero-order valence-corrected chi connectivity index (χ0v) is 21.3. The van der Waals surface area contributed by atoms with Gasteiger partial charge in [0, 0.05) is 58.0 Å². The molecule has 2 heterocycles. The summed E-state index contributed by atoms with van der Waals surface area (Å²) in [6.07, 6.45) is 1.45. The lowest BCUT2D eigenvalue weighted by Gasteiger charge is -2.29. The van der Waals surface area contributed by atoms with Crippen molar-refractivity contribution in [1.29, 1.82) is 0 Å². The number of ether oxygens (including phenoxy) is 1. The molecule has 7 nitrogen and oxygen atoms in total. The molecule has 2 atom stereocenters. The fraction of sp³-hybridized carbons (Fsp3) is 0.500. The maximum atomic E-state index is 13.7. The van der Waals surface area contributed by atoms with Gasteiger partial charge in [-0.1, -0.05) is 24.3 Å². The first-order valence-corrected chi connectivity index (χ1v) is 12.8. The molecule has 194 valence electrons. The van der Waals surface area contributed by atoms with E-state index in [2.05, 4.69) is 29.3 Å². The Morgan fingerprint density at radius 3 is 2.64 bits per heavy atom. The van der Waals surface area contributed by atoms with Gasteiger partial charge in [0.05, 0.1) is 6.61 Å². The second kappa shape index (κ2) is 12.4. The van der Waals surface area contributed by atoms with Crippen molar-refractivity contribution in [3.05, 3.63) is 71.0 Å². The molecule has 2 aromatic rings. The molecule has 0 radical (unpaired) electrons. The maximum absolute atomic E-state index is 13.7. The number of carbonyl (C=O) groups excluding carboxylic acids is 2. The molecule has 2 saturated heterocycles. The molecule has 8 heteroatoms. The van der Waals surface area contributed by atoms with E-state index >= 15 is 0 Å². The van der Waals surface area contributed by atoms with E-state index < -0.39 is 6.04 Å². The lowest BCUT2D eigenvalue weighted by atomic mass is 10.1. The quantitative estimate of drug-likeness (QED) is 0.609. The van der Waals surface area contributed by atoms with Gasteiger partial charge in [-0.15, -0.1) is 0 Å². The number of aryl methyl sites for hydroxylation is 1. The highest BCUT2D eigenvalue weighted by molar-refractivity contribution is 5.98. The average molecular weight is 497 g/mol. The van der Waals surface area contributed by atoms with Gasteiger partial charge >= 0.3 is 0 Å². The van der Waals surface area contributed by atoms with E-state index in [0.717, 1.165) is 19.5 Å². The van der Waals surface area contributed by atoms with Crippen LogP contribution in [0.4, 0.5) is 4.39 Å². The van der Waals surface area contributed by atoms with Crippen molar-refractivity contribution in [2.24, 2.45) is 0 Å². The largest absolute Gasteiger partial charge is 0.383 e. The molecular weight excluding hydrogens is 459 g/mol. The SMILES string of the molecule is COCCN(Cc1ccccc1C)C1CC(C(=O)N2CCCNCC2)N(C(=O)c2ccc(F)cc2)C1. The number of hydrogen-bond acceptors (Lipinski definition) is 5. The first-order valence-electron chi connectivity index (χ1n) is 12.8. The fourth-order valence-electron chi connectivity index (χ4n) is 5.18. The topological polar surface area (TPSA) is 65.1 Å². The van der Waals surface area contributed by atoms with Gasteiger partial charge in [0.2, 0.25) is 5.91 Å². The van der Waals surface area contributed by atoms with E-state index in [0.29, 0.717) is 51.3 Å². The Hall–Kier alpha value is -2.81. The Balaban J connectivity index is 1.60. The molecule has 2 aromatic carbocycles. The minimum absolute atomic E-state index is 0.000699. The summed E-state index contributed by atoms with van der Waals surface area (Å²) in [6.45, 7) is 7.47. The summed E-state index contributed by atoms with van der Waals surface area (Å²) < 4.78 is 18.9. The lowest BCUT2D eigenvalue weighted by molar-refractivity contribution is -0.135. The van der Waals surface area contributed by atoms with E-state index in [1.54, 1.807) is 12.0 Å². The van der Waals surface area contributed by atoms with Crippen molar-refractivity contribution >= 4 is 11.8 Å². The number of methoxy groups -OCH3 is 1. The summed E-state index contributed by atoms with van der Waals surface area (Å²) in [6, 6.07) is 13.3. The van der Waals surface area contributed by atoms with E-state index in [-0.39, 0.29) is 23.7 Å². The van der Waals surface area contributed by atoms with Gasteiger partial charge in [-0.05, 0) is 61.7 Å². The van der Waals surface area contributed by atoms with Crippen molar-refractivity contribution in [3.63, 3.8) is 0 Å². The number of benzene rings is 2. The van der Waals surface area contributed by atoms with Crippen LogP contribution in [0, 0.1) is 12.7 Å². The second-order valence-corrected chi connectivity index (χ2v) is 9.69. The fourth-order valence-corrected chi connectivity index (χ4v) is 5.18. The monoisotopic (exact) mass is 496 g/mol. The highest BCUT2D eigenvalue weighted by atomic mass is 19.1. The summed E-state index contributed by atoms with van der Waals surface area (Å²) in [5.74, 6) is -0.620. The van der Waals surface area contributed by atoms with Crippen LogP contribution in [0.5, 0.6) is 0 Å². The Kier molecular flexibility index (Phi) is 9.07. The van der Waals surface area contributed by atoms with Crippen LogP contribution in [-0.2, 0) is 16.1 Å². The summed E-state index contributed by atoms with van der Waals surface area (Å²) in [7, 11) is 1.69. The zero-order valence-electron chi connectivity index (χ0n) is 21.3. The predicted molar refractivity (Wildman–Crippen MR) is 137 cm³/mol. The summed E-state index contributed by atoms with van der Waals surface area (Å²) in [5.41, 5.74) is 2.83. The average Bonchev–Trinajstić information content (AvgIpc) is 3.14. The van der Waals surface area contributed by atoms with Crippen LogP contribution in [0.1, 0.15) is 34.3 Å². The van der Waals surface area contributed by atoms with Crippen LogP contribution in [0.3, 0.4) is 0 Å². The van der Waals surface area contributed by atoms with Crippen molar-refractivity contribution in [1.82, 2.24) is 20.0 Å². The summed E-state index contributed by atoms with van der Waals surface area (Å²) in [5, 5.41) is 3.34. The third-order valence-corrected chi connectivity index (χ3v) is 7.30. The molecule has 0 saturated carbocycles. The van der Waals surface area contributed by atoms with Crippen molar-refractivity contribution < 1.29 is 18.7 Å². The predicted octanol–water partition coefficient (Wildman–Crippen LogP) is 2.69. The Morgan fingerprint density at radius 1 is 1.11 bits per heavy atom. The molecule has 0 aromatic heterocycles. The number of likely N-dealkylation sites (tertiary alicyclic amines) is 1. The molecule has 1 N–H and O–H groups in total. The van der Waals surface area contributed by atoms with Crippen LogP contribution in [-0.4, -0.2) is 91.6 Å². The van der Waals surface area contributed by atoms with Crippen LogP contribution >= 0.6 is 0 Å². The van der Waals surface area contributed by atoms with Gasteiger partial charge in [-0.3, -0.25) is 14.5 Å². The molecule has 2 unspecified atom stereocenters. The molecule has 0 bridgehead atoms. The molecule has 4 rings (SSSR count). The number of halogens is 1. The smallest absolute Gasteiger partial charge is 0.254 e. The number of nitrogens with zero attached hydrogens (tertiary/aromatic N) is 3. The first kappa shape index (κ1) is 26.3.